The molecular weight excluding hydrogens is 358 g/mol. The molecule has 2 N–H and O–H groups in total. The van der Waals surface area contributed by atoms with Gasteiger partial charge in [-0.3, -0.25) is 9.69 Å². The van der Waals surface area contributed by atoms with Crippen molar-refractivity contribution in [3.63, 3.8) is 0 Å². The summed E-state index contributed by atoms with van der Waals surface area (Å²) in [6.07, 6.45) is 9.34. The number of hydrogen-bond donors (Lipinski definition) is 2. The first kappa shape index (κ1) is 19.6. The van der Waals surface area contributed by atoms with Crippen LogP contribution in [0.2, 0.25) is 0 Å². The van der Waals surface area contributed by atoms with Crippen molar-refractivity contribution in [1.82, 2.24) is 15.5 Å². The van der Waals surface area contributed by atoms with E-state index in [-0.39, 0.29) is 5.91 Å². The predicted octanol–water partition coefficient (Wildman–Crippen LogP) is 3.60. The summed E-state index contributed by atoms with van der Waals surface area (Å²) in [7, 11) is 0. The normalized spacial score (nSPS) is 33.8. The minimum absolute atomic E-state index is 0.153. The van der Waals surface area contributed by atoms with Crippen LogP contribution in [0.5, 0.6) is 0 Å². The molecular formula is C25H37N3O. The smallest absolute Gasteiger partial charge is 0.251 e. The van der Waals surface area contributed by atoms with E-state index in [0.717, 1.165) is 69.0 Å². The molecule has 5 fully saturated rings. The van der Waals surface area contributed by atoms with Gasteiger partial charge in [-0.2, -0.15) is 0 Å². The monoisotopic (exact) mass is 395 g/mol. The summed E-state index contributed by atoms with van der Waals surface area (Å²) in [6, 6.07) is 6.56. The highest BCUT2D eigenvalue weighted by molar-refractivity contribution is 5.96. The quantitative estimate of drug-likeness (QED) is 0.774. The van der Waals surface area contributed by atoms with Crippen LogP contribution in [0.1, 0.15) is 66.9 Å². The molecule has 1 aromatic carbocycles. The molecule has 1 heterocycles. The van der Waals surface area contributed by atoms with Crippen molar-refractivity contribution in [2.24, 2.45) is 23.2 Å². The molecule has 4 saturated carbocycles. The molecule has 1 saturated heterocycles. The molecule has 4 bridgehead atoms. The van der Waals surface area contributed by atoms with Crippen molar-refractivity contribution in [2.45, 2.75) is 58.4 Å². The Morgan fingerprint density at radius 1 is 1.10 bits per heavy atom. The topological polar surface area (TPSA) is 44.4 Å². The fourth-order valence-corrected chi connectivity index (χ4v) is 7.24. The molecule has 0 unspecified atom stereocenters. The summed E-state index contributed by atoms with van der Waals surface area (Å²) >= 11 is 0. The molecule has 6 rings (SSSR count). The lowest BCUT2D eigenvalue weighted by molar-refractivity contribution is -0.0503. The Labute approximate surface area is 175 Å². The van der Waals surface area contributed by atoms with Crippen LogP contribution in [0.25, 0.3) is 0 Å². The lowest BCUT2D eigenvalue weighted by Crippen LogP contribution is -2.51. The highest BCUT2D eigenvalue weighted by atomic mass is 16.1. The van der Waals surface area contributed by atoms with Crippen LogP contribution in [-0.2, 0) is 13.0 Å². The van der Waals surface area contributed by atoms with Gasteiger partial charge in [0, 0.05) is 44.8 Å². The highest BCUT2D eigenvalue weighted by Crippen LogP contribution is 2.59. The zero-order chi connectivity index (χ0) is 19.8. The zero-order valence-electron chi connectivity index (χ0n) is 18.0. The van der Waals surface area contributed by atoms with Crippen molar-refractivity contribution in [1.29, 1.82) is 0 Å². The molecule has 0 radical (unpaired) electrons. The van der Waals surface area contributed by atoms with E-state index in [2.05, 4.69) is 40.7 Å². The van der Waals surface area contributed by atoms with Gasteiger partial charge in [0.05, 0.1) is 0 Å². The molecule has 1 aromatic rings. The van der Waals surface area contributed by atoms with Gasteiger partial charge in [0.15, 0.2) is 0 Å². The number of piperazine rings is 1. The van der Waals surface area contributed by atoms with Crippen LogP contribution in [0, 0.1) is 23.2 Å². The van der Waals surface area contributed by atoms with Crippen molar-refractivity contribution >= 4 is 5.91 Å². The second kappa shape index (κ2) is 8.03. The van der Waals surface area contributed by atoms with E-state index in [4.69, 9.17) is 0 Å². The van der Waals surface area contributed by atoms with Gasteiger partial charge >= 0.3 is 0 Å². The summed E-state index contributed by atoms with van der Waals surface area (Å²) in [5, 5.41) is 6.81. The molecule has 0 atom stereocenters. The molecule has 5 aliphatic rings. The molecule has 0 aromatic heterocycles. The number of nitrogens with zero attached hydrogens (tertiary/aromatic N) is 1. The number of amides is 1. The molecule has 4 nitrogen and oxygen atoms in total. The summed E-state index contributed by atoms with van der Waals surface area (Å²) in [4.78, 5) is 15.7. The maximum atomic E-state index is 13.2. The third-order valence-electron chi connectivity index (χ3n) is 8.20. The minimum Gasteiger partial charge on any atom is -0.351 e. The van der Waals surface area contributed by atoms with E-state index in [1.54, 1.807) is 0 Å². The van der Waals surface area contributed by atoms with E-state index >= 15 is 0 Å². The number of nitrogens with one attached hydrogen (secondary N) is 2. The largest absolute Gasteiger partial charge is 0.351 e. The second-order valence-corrected chi connectivity index (χ2v) is 10.5. The van der Waals surface area contributed by atoms with Gasteiger partial charge in [0.25, 0.3) is 5.91 Å². The molecule has 158 valence electrons. The van der Waals surface area contributed by atoms with E-state index in [0.29, 0.717) is 5.41 Å². The van der Waals surface area contributed by atoms with Gasteiger partial charge < -0.3 is 10.6 Å². The number of carbonyl (C=O) groups excluding carboxylic acids is 1. The fraction of sp³-hybridized carbons (Fsp3) is 0.720. The standard InChI is InChI=1S/C25H37N3O/c1-2-22-4-3-18(16-28-7-5-26-6-8-28)12-23(22)24(29)27-17-25-13-19-9-20(14-25)11-21(10-19)15-25/h3-4,12,19-21,26H,2,5-11,13-17H2,1H3,(H,27,29). The van der Waals surface area contributed by atoms with Crippen LogP contribution in [0.3, 0.4) is 0 Å². The first-order valence-corrected chi connectivity index (χ1v) is 12.0. The summed E-state index contributed by atoms with van der Waals surface area (Å²) in [5.74, 6) is 2.96. The molecule has 29 heavy (non-hydrogen) atoms. The third-order valence-corrected chi connectivity index (χ3v) is 8.20. The van der Waals surface area contributed by atoms with Crippen LogP contribution in [0.4, 0.5) is 0 Å². The third kappa shape index (κ3) is 4.11. The Morgan fingerprint density at radius 3 is 2.38 bits per heavy atom. The van der Waals surface area contributed by atoms with Crippen molar-refractivity contribution in [3.8, 4) is 0 Å². The van der Waals surface area contributed by atoms with Crippen LogP contribution < -0.4 is 10.6 Å². The number of rotatable bonds is 6. The van der Waals surface area contributed by atoms with E-state index in [9.17, 15) is 4.79 Å². The van der Waals surface area contributed by atoms with Gasteiger partial charge in [-0.05, 0) is 85.3 Å². The van der Waals surface area contributed by atoms with Crippen LogP contribution in [0.15, 0.2) is 18.2 Å². The first-order valence-electron chi connectivity index (χ1n) is 12.0. The summed E-state index contributed by atoms with van der Waals surface area (Å²) in [5.41, 5.74) is 3.75. The Bertz CT molecular complexity index is 717. The Kier molecular flexibility index (Phi) is 5.42. The Hall–Kier alpha value is -1.39. The molecule has 1 aliphatic heterocycles. The maximum absolute atomic E-state index is 13.2. The van der Waals surface area contributed by atoms with Gasteiger partial charge in [0.2, 0.25) is 0 Å². The zero-order valence-corrected chi connectivity index (χ0v) is 18.0. The fourth-order valence-electron chi connectivity index (χ4n) is 7.24. The van der Waals surface area contributed by atoms with Gasteiger partial charge in [-0.25, -0.2) is 0 Å². The lowest BCUT2D eigenvalue weighted by Gasteiger charge is -2.56. The number of carbonyl (C=O) groups is 1. The number of aryl methyl sites for hydroxylation is 1. The van der Waals surface area contributed by atoms with E-state index in [1.165, 1.54) is 49.7 Å². The van der Waals surface area contributed by atoms with Gasteiger partial charge in [-0.15, -0.1) is 0 Å². The molecule has 1 amide bonds. The maximum Gasteiger partial charge on any atom is 0.251 e. The van der Waals surface area contributed by atoms with Crippen LogP contribution in [-0.4, -0.2) is 43.5 Å². The summed E-state index contributed by atoms with van der Waals surface area (Å²) in [6.45, 7) is 8.28. The molecule has 4 aliphatic carbocycles. The van der Waals surface area contributed by atoms with Gasteiger partial charge in [0.1, 0.15) is 0 Å². The second-order valence-electron chi connectivity index (χ2n) is 10.5. The SMILES string of the molecule is CCc1ccc(CN2CCNCC2)cc1C(=O)NCC12CC3CC(CC(C3)C1)C2. The summed E-state index contributed by atoms with van der Waals surface area (Å²) < 4.78 is 0. The average molecular weight is 396 g/mol. The molecule has 0 spiro atoms. The molecule has 4 heteroatoms. The number of benzene rings is 1. The first-order chi connectivity index (χ1) is 14.1. The van der Waals surface area contributed by atoms with Crippen molar-refractivity contribution in [3.05, 3.63) is 34.9 Å². The average Bonchev–Trinajstić information content (AvgIpc) is 2.72. The highest BCUT2D eigenvalue weighted by Gasteiger charge is 2.50. The lowest BCUT2D eigenvalue weighted by atomic mass is 9.49. The van der Waals surface area contributed by atoms with Crippen molar-refractivity contribution < 1.29 is 4.79 Å². The van der Waals surface area contributed by atoms with E-state index in [1.807, 2.05) is 0 Å². The van der Waals surface area contributed by atoms with Gasteiger partial charge in [-0.1, -0.05) is 19.1 Å². The minimum atomic E-state index is 0.153. The van der Waals surface area contributed by atoms with E-state index < -0.39 is 0 Å². The Morgan fingerprint density at radius 2 is 1.76 bits per heavy atom. The predicted molar refractivity (Wildman–Crippen MR) is 117 cm³/mol. The Balaban J connectivity index is 1.26. The van der Waals surface area contributed by atoms with Crippen LogP contribution >= 0.6 is 0 Å². The van der Waals surface area contributed by atoms with Crippen molar-refractivity contribution in [2.75, 3.05) is 32.7 Å². The number of hydrogen-bond acceptors (Lipinski definition) is 3.